The fourth-order valence-electron chi connectivity index (χ4n) is 3.47. The minimum atomic E-state index is -4.42. The lowest BCUT2D eigenvalue weighted by atomic mass is 9.99. The maximum atomic E-state index is 12.7. The molecule has 1 aliphatic rings. The van der Waals surface area contributed by atoms with Gasteiger partial charge < -0.3 is 9.73 Å². The van der Waals surface area contributed by atoms with E-state index in [1.165, 1.54) is 17.7 Å². The SMILES string of the molecule is O=C(Nc1ccc2c(c1)CN(Cc1ccco1)CC2)c1ccc(C(F)(F)F)cc1. The van der Waals surface area contributed by atoms with Gasteiger partial charge in [0.2, 0.25) is 0 Å². The van der Waals surface area contributed by atoms with Gasteiger partial charge in [-0.15, -0.1) is 0 Å². The zero-order valence-electron chi connectivity index (χ0n) is 15.5. The van der Waals surface area contributed by atoms with Crippen molar-refractivity contribution in [1.82, 2.24) is 4.90 Å². The van der Waals surface area contributed by atoms with E-state index in [-0.39, 0.29) is 5.56 Å². The highest BCUT2D eigenvalue weighted by molar-refractivity contribution is 6.04. The van der Waals surface area contributed by atoms with Crippen molar-refractivity contribution in [3.05, 3.63) is 88.9 Å². The summed E-state index contributed by atoms with van der Waals surface area (Å²) in [4.78, 5) is 14.7. The van der Waals surface area contributed by atoms with Crippen LogP contribution in [0.15, 0.2) is 65.3 Å². The van der Waals surface area contributed by atoms with E-state index >= 15 is 0 Å². The summed E-state index contributed by atoms with van der Waals surface area (Å²) in [5.74, 6) is 0.460. The zero-order chi connectivity index (χ0) is 20.4. The number of fused-ring (bicyclic) bond motifs is 1. The standard InChI is InChI=1S/C22H19F3N2O2/c23-22(24,25)18-6-3-16(4-7-18)21(28)26-19-8-5-15-9-10-27(13-17(15)12-19)14-20-2-1-11-29-20/h1-8,11-12H,9-10,13-14H2,(H,26,28). The van der Waals surface area contributed by atoms with E-state index in [4.69, 9.17) is 4.42 Å². The predicted octanol–water partition coefficient (Wildman–Crippen LogP) is 5.11. The van der Waals surface area contributed by atoms with E-state index in [9.17, 15) is 18.0 Å². The Kier molecular flexibility index (Phi) is 5.15. The molecule has 7 heteroatoms. The van der Waals surface area contributed by atoms with Crippen LogP contribution in [0.5, 0.6) is 0 Å². The highest BCUT2D eigenvalue weighted by atomic mass is 19.4. The molecule has 0 saturated heterocycles. The molecular weight excluding hydrogens is 381 g/mol. The molecule has 4 nitrogen and oxygen atoms in total. The van der Waals surface area contributed by atoms with Gasteiger partial charge in [-0.2, -0.15) is 13.2 Å². The van der Waals surface area contributed by atoms with Gasteiger partial charge in [0.25, 0.3) is 5.91 Å². The average molecular weight is 400 g/mol. The van der Waals surface area contributed by atoms with Gasteiger partial charge >= 0.3 is 6.18 Å². The van der Waals surface area contributed by atoms with E-state index in [1.807, 2.05) is 30.3 Å². The van der Waals surface area contributed by atoms with Crippen molar-refractivity contribution in [2.75, 3.05) is 11.9 Å². The second-order valence-corrected chi connectivity index (χ2v) is 7.05. The molecule has 1 amide bonds. The third-order valence-electron chi connectivity index (χ3n) is 4.99. The molecule has 1 aliphatic heterocycles. The maximum absolute atomic E-state index is 12.7. The monoisotopic (exact) mass is 400 g/mol. The molecule has 1 N–H and O–H groups in total. The number of nitrogens with one attached hydrogen (secondary N) is 1. The number of rotatable bonds is 4. The van der Waals surface area contributed by atoms with Gasteiger partial charge in [0.15, 0.2) is 0 Å². The van der Waals surface area contributed by atoms with Crippen LogP contribution in [0.25, 0.3) is 0 Å². The highest BCUT2D eigenvalue weighted by Gasteiger charge is 2.30. The fourth-order valence-corrected chi connectivity index (χ4v) is 3.47. The molecule has 2 aromatic carbocycles. The summed E-state index contributed by atoms with van der Waals surface area (Å²) in [6.45, 7) is 2.37. The highest BCUT2D eigenvalue weighted by Crippen LogP contribution is 2.29. The number of carbonyl (C=O) groups is 1. The fraction of sp³-hybridized carbons (Fsp3) is 0.227. The molecule has 0 unspecified atom stereocenters. The lowest BCUT2D eigenvalue weighted by Crippen LogP contribution is -2.30. The number of hydrogen-bond acceptors (Lipinski definition) is 3. The maximum Gasteiger partial charge on any atom is 0.416 e. The third kappa shape index (κ3) is 4.51. The predicted molar refractivity (Wildman–Crippen MR) is 102 cm³/mol. The minimum absolute atomic E-state index is 0.176. The van der Waals surface area contributed by atoms with Gasteiger partial charge in [-0.25, -0.2) is 0 Å². The summed E-state index contributed by atoms with van der Waals surface area (Å²) in [6.07, 6.45) is -1.86. The third-order valence-corrected chi connectivity index (χ3v) is 4.99. The molecule has 3 aromatic rings. The van der Waals surface area contributed by atoms with E-state index in [0.29, 0.717) is 12.2 Å². The molecule has 0 saturated carbocycles. The lowest BCUT2D eigenvalue weighted by Gasteiger charge is -2.28. The number of benzene rings is 2. The van der Waals surface area contributed by atoms with Crippen LogP contribution in [-0.2, 0) is 25.7 Å². The summed E-state index contributed by atoms with van der Waals surface area (Å²) in [5.41, 5.74) is 2.37. The minimum Gasteiger partial charge on any atom is -0.468 e. The topological polar surface area (TPSA) is 45.5 Å². The largest absolute Gasteiger partial charge is 0.468 e. The molecule has 0 aliphatic carbocycles. The summed E-state index contributed by atoms with van der Waals surface area (Å²) >= 11 is 0. The number of alkyl halides is 3. The van der Waals surface area contributed by atoms with Crippen LogP contribution in [0.3, 0.4) is 0 Å². The van der Waals surface area contributed by atoms with Crippen molar-refractivity contribution in [2.24, 2.45) is 0 Å². The van der Waals surface area contributed by atoms with E-state index in [1.54, 1.807) is 6.26 Å². The van der Waals surface area contributed by atoms with Crippen LogP contribution in [0, 0.1) is 0 Å². The first-order valence-electron chi connectivity index (χ1n) is 9.23. The molecule has 150 valence electrons. The van der Waals surface area contributed by atoms with Gasteiger partial charge in [0.1, 0.15) is 5.76 Å². The number of anilines is 1. The lowest BCUT2D eigenvalue weighted by molar-refractivity contribution is -0.137. The van der Waals surface area contributed by atoms with Gasteiger partial charge in [-0.3, -0.25) is 9.69 Å². The van der Waals surface area contributed by atoms with Crippen molar-refractivity contribution >= 4 is 11.6 Å². The zero-order valence-corrected chi connectivity index (χ0v) is 15.5. The summed E-state index contributed by atoms with van der Waals surface area (Å²) in [7, 11) is 0. The summed E-state index contributed by atoms with van der Waals surface area (Å²) in [6, 6.07) is 13.7. The van der Waals surface area contributed by atoms with Crippen LogP contribution in [0.4, 0.5) is 18.9 Å². The van der Waals surface area contributed by atoms with Crippen molar-refractivity contribution in [3.8, 4) is 0 Å². The number of amides is 1. The Morgan fingerprint density at radius 3 is 2.55 bits per heavy atom. The Balaban J connectivity index is 1.44. The number of furan rings is 1. The summed E-state index contributed by atoms with van der Waals surface area (Å²) in [5, 5.41) is 2.77. The number of nitrogens with zero attached hydrogens (tertiary/aromatic N) is 1. The smallest absolute Gasteiger partial charge is 0.416 e. The molecule has 0 bridgehead atoms. The normalized spacial score (nSPS) is 14.4. The number of halogens is 3. The van der Waals surface area contributed by atoms with Crippen molar-refractivity contribution in [3.63, 3.8) is 0 Å². The van der Waals surface area contributed by atoms with Crippen LogP contribution in [0.1, 0.15) is 32.8 Å². The molecule has 0 atom stereocenters. The van der Waals surface area contributed by atoms with Crippen LogP contribution >= 0.6 is 0 Å². The molecule has 2 heterocycles. The summed E-state index contributed by atoms with van der Waals surface area (Å²) < 4.78 is 43.4. The van der Waals surface area contributed by atoms with Crippen molar-refractivity contribution in [2.45, 2.75) is 25.7 Å². The second-order valence-electron chi connectivity index (χ2n) is 7.05. The number of hydrogen-bond donors (Lipinski definition) is 1. The Hall–Kier alpha value is -3.06. The van der Waals surface area contributed by atoms with Gasteiger partial charge in [-0.1, -0.05) is 6.07 Å². The molecule has 4 rings (SSSR count). The second kappa shape index (κ2) is 7.75. The quantitative estimate of drug-likeness (QED) is 0.662. The molecule has 29 heavy (non-hydrogen) atoms. The van der Waals surface area contributed by atoms with E-state index < -0.39 is 17.6 Å². The average Bonchev–Trinajstić information content (AvgIpc) is 3.20. The van der Waals surface area contributed by atoms with E-state index in [2.05, 4.69) is 10.2 Å². The van der Waals surface area contributed by atoms with Gasteiger partial charge in [0, 0.05) is 24.3 Å². The van der Waals surface area contributed by atoms with E-state index in [0.717, 1.165) is 43.0 Å². The van der Waals surface area contributed by atoms with Crippen molar-refractivity contribution in [1.29, 1.82) is 0 Å². The molecule has 0 fully saturated rings. The molecular formula is C22H19F3N2O2. The Morgan fingerprint density at radius 2 is 1.86 bits per heavy atom. The molecule has 0 spiro atoms. The van der Waals surface area contributed by atoms with Crippen LogP contribution in [-0.4, -0.2) is 17.4 Å². The number of carbonyl (C=O) groups excluding carboxylic acids is 1. The Morgan fingerprint density at radius 1 is 1.07 bits per heavy atom. The Labute approximate surface area is 165 Å². The van der Waals surface area contributed by atoms with Crippen molar-refractivity contribution < 1.29 is 22.4 Å². The van der Waals surface area contributed by atoms with Gasteiger partial charge in [-0.05, 0) is 66.1 Å². The van der Waals surface area contributed by atoms with Crippen LogP contribution in [0.2, 0.25) is 0 Å². The van der Waals surface area contributed by atoms with Crippen LogP contribution < -0.4 is 5.32 Å². The first-order chi connectivity index (χ1) is 13.9. The Bertz CT molecular complexity index is 996. The van der Waals surface area contributed by atoms with Gasteiger partial charge in [0.05, 0.1) is 18.4 Å². The molecule has 1 aromatic heterocycles. The molecule has 0 radical (unpaired) electrons. The first-order valence-corrected chi connectivity index (χ1v) is 9.23. The first kappa shape index (κ1) is 19.3.